The zero-order valence-electron chi connectivity index (χ0n) is 10.2. The van der Waals surface area contributed by atoms with Crippen molar-refractivity contribution in [1.82, 2.24) is 15.3 Å². The lowest BCUT2D eigenvalue weighted by molar-refractivity contribution is -0.121. The van der Waals surface area contributed by atoms with Crippen LogP contribution in [0, 0.1) is 5.92 Å². The summed E-state index contributed by atoms with van der Waals surface area (Å²) >= 11 is 0. The molecule has 1 aromatic heterocycles. The van der Waals surface area contributed by atoms with Gasteiger partial charge in [0.1, 0.15) is 6.33 Å². The minimum absolute atomic E-state index is 0.0625. The molecule has 1 rings (SSSR count). The van der Waals surface area contributed by atoms with Crippen LogP contribution in [0.2, 0.25) is 0 Å². The maximum Gasteiger partial charge on any atom is 0.220 e. The molecule has 0 saturated carbocycles. The molecule has 5 nitrogen and oxygen atoms in total. The van der Waals surface area contributed by atoms with Gasteiger partial charge in [-0.2, -0.15) is 0 Å². The topological polar surface area (TPSA) is 80.9 Å². The number of carbonyl (C=O) groups excluding carboxylic acids is 1. The van der Waals surface area contributed by atoms with Gasteiger partial charge in [0, 0.05) is 12.6 Å². The molecule has 1 unspecified atom stereocenters. The Morgan fingerprint density at radius 1 is 1.53 bits per heavy atom. The molecule has 0 aromatic carbocycles. The normalized spacial score (nSPS) is 12.1. The fourth-order valence-electron chi connectivity index (χ4n) is 1.51. The van der Waals surface area contributed by atoms with E-state index in [1.165, 1.54) is 6.33 Å². The first-order valence-electron chi connectivity index (χ1n) is 5.94. The second-order valence-electron chi connectivity index (χ2n) is 4.20. The maximum atomic E-state index is 11.5. The van der Waals surface area contributed by atoms with Crippen molar-refractivity contribution < 1.29 is 4.79 Å². The lowest BCUT2D eigenvalue weighted by Crippen LogP contribution is -2.23. The lowest BCUT2D eigenvalue weighted by Gasteiger charge is -2.09. The van der Waals surface area contributed by atoms with Gasteiger partial charge in [-0.05, 0) is 31.4 Å². The first-order valence-corrected chi connectivity index (χ1v) is 5.94. The Morgan fingerprint density at radius 3 is 3.00 bits per heavy atom. The van der Waals surface area contributed by atoms with E-state index in [1.807, 2.05) is 0 Å². The van der Waals surface area contributed by atoms with Crippen LogP contribution in [0.5, 0.6) is 0 Å². The Hall–Kier alpha value is -1.49. The van der Waals surface area contributed by atoms with Crippen LogP contribution in [-0.2, 0) is 11.3 Å². The molecule has 1 aromatic rings. The van der Waals surface area contributed by atoms with E-state index in [0.29, 0.717) is 25.4 Å². The quantitative estimate of drug-likeness (QED) is 0.735. The van der Waals surface area contributed by atoms with E-state index in [4.69, 9.17) is 5.73 Å². The van der Waals surface area contributed by atoms with Crippen LogP contribution in [0.3, 0.4) is 0 Å². The monoisotopic (exact) mass is 236 g/mol. The molecule has 0 saturated heterocycles. The lowest BCUT2D eigenvalue weighted by atomic mass is 10.0. The Balaban J connectivity index is 2.17. The van der Waals surface area contributed by atoms with E-state index in [2.05, 4.69) is 22.2 Å². The van der Waals surface area contributed by atoms with Gasteiger partial charge in [-0.3, -0.25) is 4.79 Å². The van der Waals surface area contributed by atoms with Crippen LogP contribution in [0.15, 0.2) is 18.6 Å². The van der Waals surface area contributed by atoms with Gasteiger partial charge in [-0.25, -0.2) is 9.97 Å². The van der Waals surface area contributed by atoms with Gasteiger partial charge in [-0.15, -0.1) is 0 Å². The number of nitrogens with zero attached hydrogens (tertiary/aromatic N) is 2. The molecule has 1 heterocycles. The zero-order valence-corrected chi connectivity index (χ0v) is 10.2. The Labute approximate surface area is 102 Å². The number of nitrogens with one attached hydrogen (secondary N) is 1. The van der Waals surface area contributed by atoms with E-state index in [9.17, 15) is 4.79 Å². The molecule has 94 valence electrons. The highest BCUT2D eigenvalue weighted by molar-refractivity contribution is 5.75. The van der Waals surface area contributed by atoms with Crippen LogP contribution in [0.25, 0.3) is 0 Å². The smallest absolute Gasteiger partial charge is 0.220 e. The second-order valence-corrected chi connectivity index (χ2v) is 4.20. The molecule has 17 heavy (non-hydrogen) atoms. The zero-order chi connectivity index (χ0) is 12.5. The number of aromatic nitrogens is 2. The van der Waals surface area contributed by atoms with Crippen LogP contribution in [0.1, 0.15) is 31.9 Å². The summed E-state index contributed by atoms with van der Waals surface area (Å²) in [6.07, 6.45) is 5.54. The van der Waals surface area contributed by atoms with Gasteiger partial charge < -0.3 is 11.1 Å². The SMILES string of the molecule is CC(CCN)CCC(=O)NCc1ccncn1. The Morgan fingerprint density at radius 2 is 2.35 bits per heavy atom. The van der Waals surface area contributed by atoms with Crippen molar-refractivity contribution in [3.63, 3.8) is 0 Å². The molecule has 0 bridgehead atoms. The molecule has 0 fully saturated rings. The third-order valence-corrected chi connectivity index (χ3v) is 2.63. The van der Waals surface area contributed by atoms with Crippen molar-refractivity contribution in [2.45, 2.75) is 32.7 Å². The summed E-state index contributed by atoms with van der Waals surface area (Å²) in [5.74, 6) is 0.567. The van der Waals surface area contributed by atoms with Gasteiger partial charge in [0.25, 0.3) is 0 Å². The van der Waals surface area contributed by atoms with Gasteiger partial charge in [0.2, 0.25) is 5.91 Å². The largest absolute Gasteiger partial charge is 0.350 e. The molecule has 0 radical (unpaired) electrons. The molecule has 1 atom stereocenters. The molecular formula is C12H20N4O. The fourth-order valence-corrected chi connectivity index (χ4v) is 1.51. The first kappa shape index (κ1) is 13.6. The van der Waals surface area contributed by atoms with E-state index in [1.54, 1.807) is 12.3 Å². The van der Waals surface area contributed by atoms with Crippen molar-refractivity contribution in [2.75, 3.05) is 6.54 Å². The van der Waals surface area contributed by atoms with Crippen molar-refractivity contribution in [3.05, 3.63) is 24.3 Å². The van der Waals surface area contributed by atoms with Gasteiger partial charge >= 0.3 is 0 Å². The summed E-state index contributed by atoms with van der Waals surface area (Å²) in [7, 11) is 0. The summed E-state index contributed by atoms with van der Waals surface area (Å²) < 4.78 is 0. The molecule has 5 heteroatoms. The summed E-state index contributed by atoms with van der Waals surface area (Å²) in [5, 5.41) is 2.84. The predicted molar refractivity (Wildman–Crippen MR) is 65.9 cm³/mol. The number of amides is 1. The molecule has 0 aliphatic heterocycles. The van der Waals surface area contributed by atoms with Crippen molar-refractivity contribution in [1.29, 1.82) is 0 Å². The summed E-state index contributed by atoms with van der Waals surface area (Å²) in [6, 6.07) is 1.79. The molecule has 1 amide bonds. The highest BCUT2D eigenvalue weighted by atomic mass is 16.1. The average molecular weight is 236 g/mol. The number of nitrogens with two attached hydrogens (primary N) is 1. The van der Waals surface area contributed by atoms with E-state index in [0.717, 1.165) is 18.5 Å². The van der Waals surface area contributed by atoms with E-state index >= 15 is 0 Å². The number of hydrogen-bond acceptors (Lipinski definition) is 4. The second kappa shape index (κ2) is 7.73. The number of hydrogen-bond donors (Lipinski definition) is 2. The standard InChI is InChI=1S/C12H20N4O/c1-10(4-6-13)2-3-12(17)15-8-11-5-7-14-9-16-11/h5,7,9-10H,2-4,6,8,13H2,1H3,(H,15,17). The van der Waals surface area contributed by atoms with Crippen LogP contribution < -0.4 is 11.1 Å². The molecule has 0 aliphatic carbocycles. The minimum Gasteiger partial charge on any atom is -0.350 e. The van der Waals surface area contributed by atoms with Crippen molar-refractivity contribution >= 4 is 5.91 Å². The van der Waals surface area contributed by atoms with E-state index < -0.39 is 0 Å². The predicted octanol–water partition coefficient (Wildman–Crippen LogP) is 0.858. The van der Waals surface area contributed by atoms with Crippen LogP contribution in [-0.4, -0.2) is 22.4 Å². The maximum absolute atomic E-state index is 11.5. The summed E-state index contributed by atoms with van der Waals surface area (Å²) in [4.78, 5) is 19.4. The molecule has 0 spiro atoms. The summed E-state index contributed by atoms with van der Waals surface area (Å²) in [5.41, 5.74) is 6.28. The highest BCUT2D eigenvalue weighted by Gasteiger charge is 2.06. The molecular weight excluding hydrogens is 216 g/mol. The van der Waals surface area contributed by atoms with Crippen molar-refractivity contribution in [3.8, 4) is 0 Å². The number of carbonyl (C=O) groups is 1. The van der Waals surface area contributed by atoms with Gasteiger partial charge in [0.15, 0.2) is 0 Å². The Bertz CT molecular complexity index is 329. The third kappa shape index (κ3) is 5.97. The van der Waals surface area contributed by atoms with Gasteiger partial charge in [0.05, 0.1) is 12.2 Å². The van der Waals surface area contributed by atoms with Gasteiger partial charge in [-0.1, -0.05) is 6.92 Å². The van der Waals surface area contributed by atoms with Crippen molar-refractivity contribution in [2.24, 2.45) is 11.7 Å². The molecule has 0 aliphatic rings. The fraction of sp³-hybridized carbons (Fsp3) is 0.583. The summed E-state index contributed by atoms with van der Waals surface area (Å²) in [6.45, 7) is 3.26. The van der Waals surface area contributed by atoms with Crippen LogP contribution >= 0.6 is 0 Å². The highest BCUT2D eigenvalue weighted by Crippen LogP contribution is 2.08. The minimum atomic E-state index is 0.0625. The third-order valence-electron chi connectivity index (χ3n) is 2.63. The average Bonchev–Trinajstić information content (AvgIpc) is 2.35. The van der Waals surface area contributed by atoms with E-state index in [-0.39, 0.29) is 5.91 Å². The Kier molecular flexibility index (Phi) is 6.17. The number of rotatable bonds is 7. The molecule has 3 N–H and O–H groups in total. The first-order chi connectivity index (χ1) is 8.22. The van der Waals surface area contributed by atoms with Crippen LogP contribution in [0.4, 0.5) is 0 Å².